The molecule has 0 unspecified atom stereocenters. The zero-order chi connectivity index (χ0) is 21.1. The van der Waals surface area contributed by atoms with E-state index in [1.807, 2.05) is 49.4 Å². The zero-order valence-corrected chi connectivity index (χ0v) is 18.5. The summed E-state index contributed by atoms with van der Waals surface area (Å²) in [7, 11) is 0. The quantitative estimate of drug-likeness (QED) is 0.402. The second-order valence-corrected chi connectivity index (χ2v) is 8.11. The van der Waals surface area contributed by atoms with Crippen LogP contribution in [0.2, 0.25) is 0 Å². The standard InChI is InChI=1S/C22H20IN5O2/c1-15-6-2-3-7-16(15)13-27-14-25-20-18(22(27)30)12-26-28(20)11-10-24-21(29)17-8-4-5-9-19(17)23/h2-9,12,14H,10-11,13H2,1H3,(H,24,29). The molecule has 4 aromatic rings. The zero-order valence-electron chi connectivity index (χ0n) is 16.4. The Kier molecular flexibility index (Phi) is 5.93. The van der Waals surface area contributed by atoms with Gasteiger partial charge >= 0.3 is 0 Å². The van der Waals surface area contributed by atoms with Gasteiger partial charge in [0.05, 0.1) is 24.8 Å². The summed E-state index contributed by atoms with van der Waals surface area (Å²) in [5.74, 6) is -0.134. The van der Waals surface area contributed by atoms with Crippen LogP contribution in [-0.4, -0.2) is 31.8 Å². The fraction of sp³-hybridized carbons (Fsp3) is 0.182. The van der Waals surface area contributed by atoms with Crippen LogP contribution in [0.1, 0.15) is 21.5 Å². The van der Waals surface area contributed by atoms with Crippen LogP contribution in [0, 0.1) is 10.5 Å². The molecule has 4 rings (SSSR count). The number of fused-ring (bicyclic) bond motifs is 1. The molecule has 1 amide bonds. The lowest BCUT2D eigenvalue weighted by Gasteiger charge is -2.09. The largest absolute Gasteiger partial charge is 0.350 e. The van der Waals surface area contributed by atoms with Crippen LogP contribution < -0.4 is 10.9 Å². The molecule has 0 aliphatic rings. The van der Waals surface area contributed by atoms with Crippen molar-refractivity contribution in [3.05, 3.63) is 91.7 Å². The summed E-state index contributed by atoms with van der Waals surface area (Å²) in [6.07, 6.45) is 3.10. The highest BCUT2D eigenvalue weighted by Crippen LogP contribution is 2.12. The Morgan fingerprint density at radius 1 is 1.13 bits per heavy atom. The molecule has 0 spiro atoms. The average Bonchev–Trinajstić information content (AvgIpc) is 3.15. The van der Waals surface area contributed by atoms with Crippen molar-refractivity contribution >= 4 is 39.5 Å². The van der Waals surface area contributed by atoms with Crippen molar-refractivity contribution < 1.29 is 4.79 Å². The fourth-order valence-electron chi connectivity index (χ4n) is 3.26. The monoisotopic (exact) mass is 513 g/mol. The normalized spacial score (nSPS) is 11.0. The Balaban J connectivity index is 1.48. The topological polar surface area (TPSA) is 81.8 Å². The number of carbonyl (C=O) groups is 1. The van der Waals surface area contributed by atoms with E-state index in [-0.39, 0.29) is 11.5 Å². The van der Waals surface area contributed by atoms with Crippen molar-refractivity contribution in [1.29, 1.82) is 0 Å². The lowest BCUT2D eigenvalue weighted by Crippen LogP contribution is -2.28. The van der Waals surface area contributed by atoms with Gasteiger partial charge in [-0.25, -0.2) is 9.67 Å². The Bertz CT molecular complexity index is 1280. The maximum Gasteiger partial charge on any atom is 0.264 e. The van der Waals surface area contributed by atoms with E-state index in [1.54, 1.807) is 27.8 Å². The number of benzene rings is 2. The first-order chi connectivity index (χ1) is 14.5. The van der Waals surface area contributed by atoms with E-state index in [2.05, 4.69) is 38.0 Å². The van der Waals surface area contributed by atoms with Gasteiger partial charge in [-0.3, -0.25) is 14.2 Å². The summed E-state index contributed by atoms with van der Waals surface area (Å²) in [5.41, 5.74) is 3.23. The van der Waals surface area contributed by atoms with E-state index in [9.17, 15) is 9.59 Å². The highest BCUT2D eigenvalue weighted by Gasteiger charge is 2.12. The van der Waals surface area contributed by atoms with Gasteiger partial charge in [0.25, 0.3) is 11.5 Å². The predicted octanol–water partition coefficient (Wildman–Crippen LogP) is 2.98. The van der Waals surface area contributed by atoms with E-state index in [0.29, 0.717) is 36.2 Å². The van der Waals surface area contributed by atoms with Gasteiger partial charge in [0.15, 0.2) is 5.65 Å². The Morgan fingerprint density at radius 3 is 2.70 bits per heavy atom. The molecule has 30 heavy (non-hydrogen) atoms. The molecular weight excluding hydrogens is 493 g/mol. The van der Waals surface area contributed by atoms with Gasteiger partial charge in [0, 0.05) is 10.1 Å². The van der Waals surface area contributed by atoms with E-state index < -0.39 is 0 Å². The van der Waals surface area contributed by atoms with Crippen molar-refractivity contribution in [1.82, 2.24) is 24.6 Å². The number of nitrogens with zero attached hydrogens (tertiary/aromatic N) is 4. The minimum Gasteiger partial charge on any atom is -0.350 e. The molecule has 0 aliphatic heterocycles. The summed E-state index contributed by atoms with van der Waals surface area (Å²) in [4.78, 5) is 29.7. The van der Waals surface area contributed by atoms with Crippen LogP contribution in [0.5, 0.6) is 0 Å². The Morgan fingerprint density at radius 2 is 1.90 bits per heavy atom. The lowest BCUT2D eigenvalue weighted by atomic mass is 10.1. The molecule has 2 heterocycles. The number of amides is 1. The van der Waals surface area contributed by atoms with Gasteiger partial charge in [-0.2, -0.15) is 5.10 Å². The molecule has 0 atom stereocenters. The molecule has 2 aromatic carbocycles. The molecule has 7 nitrogen and oxygen atoms in total. The van der Waals surface area contributed by atoms with Gasteiger partial charge in [-0.05, 0) is 52.8 Å². The summed E-state index contributed by atoms with van der Waals surface area (Å²) in [6.45, 7) is 3.29. The van der Waals surface area contributed by atoms with Crippen LogP contribution in [0.25, 0.3) is 11.0 Å². The Hall–Kier alpha value is -3.01. The number of aryl methyl sites for hydroxylation is 1. The maximum atomic E-state index is 12.9. The molecule has 152 valence electrons. The highest BCUT2D eigenvalue weighted by molar-refractivity contribution is 14.1. The van der Waals surface area contributed by atoms with Gasteiger partial charge < -0.3 is 5.32 Å². The maximum absolute atomic E-state index is 12.9. The van der Waals surface area contributed by atoms with E-state index >= 15 is 0 Å². The predicted molar refractivity (Wildman–Crippen MR) is 124 cm³/mol. The smallest absolute Gasteiger partial charge is 0.264 e. The molecule has 0 aliphatic carbocycles. The molecule has 0 bridgehead atoms. The van der Waals surface area contributed by atoms with Gasteiger partial charge in [-0.1, -0.05) is 36.4 Å². The first kappa shape index (κ1) is 20.3. The molecular formula is C22H20IN5O2. The fourth-order valence-corrected chi connectivity index (χ4v) is 3.89. The first-order valence-electron chi connectivity index (χ1n) is 9.53. The number of halogens is 1. The van der Waals surface area contributed by atoms with Crippen molar-refractivity contribution in [2.24, 2.45) is 0 Å². The van der Waals surface area contributed by atoms with Gasteiger partial charge in [0.1, 0.15) is 11.7 Å². The van der Waals surface area contributed by atoms with E-state index in [4.69, 9.17) is 0 Å². The van der Waals surface area contributed by atoms with Crippen molar-refractivity contribution in [2.45, 2.75) is 20.0 Å². The second kappa shape index (κ2) is 8.78. The molecule has 0 saturated heterocycles. The third kappa shape index (κ3) is 4.13. The molecule has 0 radical (unpaired) electrons. The second-order valence-electron chi connectivity index (χ2n) is 6.94. The number of hydrogen-bond acceptors (Lipinski definition) is 4. The lowest BCUT2D eigenvalue weighted by molar-refractivity contribution is 0.0951. The van der Waals surface area contributed by atoms with Crippen molar-refractivity contribution in [3.63, 3.8) is 0 Å². The number of nitrogens with one attached hydrogen (secondary N) is 1. The summed E-state index contributed by atoms with van der Waals surface area (Å²) >= 11 is 2.14. The van der Waals surface area contributed by atoms with Crippen LogP contribution in [0.15, 0.2) is 65.8 Å². The van der Waals surface area contributed by atoms with Crippen LogP contribution in [-0.2, 0) is 13.1 Å². The Labute approximate surface area is 186 Å². The van der Waals surface area contributed by atoms with Crippen LogP contribution in [0.4, 0.5) is 0 Å². The molecule has 0 saturated carbocycles. The average molecular weight is 513 g/mol. The van der Waals surface area contributed by atoms with Crippen molar-refractivity contribution in [3.8, 4) is 0 Å². The van der Waals surface area contributed by atoms with Crippen molar-refractivity contribution in [2.75, 3.05) is 6.54 Å². The summed E-state index contributed by atoms with van der Waals surface area (Å²) in [5, 5.41) is 7.66. The number of carbonyl (C=O) groups excluding carboxylic acids is 1. The van der Waals surface area contributed by atoms with Gasteiger partial charge in [-0.15, -0.1) is 0 Å². The molecule has 2 aromatic heterocycles. The van der Waals surface area contributed by atoms with E-state index in [1.165, 1.54) is 0 Å². The van der Waals surface area contributed by atoms with Crippen LogP contribution >= 0.6 is 22.6 Å². The third-order valence-corrected chi connectivity index (χ3v) is 5.89. The molecule has 1 N–H and O–H groups in total. The summed E-state index contributed by atoms with van der Waals surface area (Å²) in [6, 6.07) is 15.4. The van der Waals surface area contributed by atoms with E-state index in [0.717, 1.165) is 14.7 Å². The number of aromatic nitrogens is 4. The number of rotatable bonds is 6. The minimum absolute atomic E-state index is 0.127. The minimum atomic E-state index is -0.134. The molecule has 0 fully saturated rings. The summed E-state index contributed by atoms with van der Waals surface area (Å²) < 4.78 is 4.13. The molecule has 8 heteroatoms. The number of hydrogen-bond donors (Lipinski definition) is 1. The first-order valence-corrected chi connectivity index (χ1v) is 10.6. The van der Waals surface area contributed by atoms with Gasteiger partial charge in [0.2, 0.25) is 0 Å². The third-order valence-electron chi connectivity index (χ3n) is 4.95. The highest BCUT2D eigenvalue weighted by atomic mass is 127. The SMILES string of the molecule is Cc1ccccc1Cn1cnc2c(cnn2CCNC(=O)c2ccccc2I)c1=O. The van der Waals surface area contributed by atoms with Crippen LogP contribution in [0.3, 0.4) is 0 Å².